The Morgan fingerprint density at radius 3 is 1.90 bits per heavy atom. The van der Waals surface area contributed by atoms with Crippen LogP contribution in [0.15, 0.2) is 24.3 Å². The van der Waals surface area contributed by atoms with Gasteiger partial charge in [-0.05, 0) is 23.1 Å². The number of amides is 2. The van der Waals surface area contributed by atoms with Crippen LogP contribution in [0.2, 0.25) is 0 Å². The maximum atomic E-state index is 11.9. The summed E-state index contributed by atoms with van der Waals surface area (Å²) in [6.07, 6.45) is 0.319. The van der Waals surface area contributed by atoms with Gasteiger partial charge in [0.2, 0.25) is 11.8 Å². The molecule has 1 aliphatic heterocycles. The highest BCUT2D eigenvalue weighted by atomic mass is 16.2. The lowest BCUT2D eigenvalue weighted by Gasteiger charge is -2.21. The van der Waals surface area contributed by atoms with Gasteiger partial charge in [0, 0.05) is 12.3 Å². The van der Waals surface area contributed by atoms with Crippen molar-refractivity contribution in [3.05, 3.63) is 29.8 Å². The molecule has 20 heavy (non-hydrogen) atoms. The largest absolute Gasteiger partial charge is 0.274 e. The van der Waals surface area contributed by atoms with Crippen molar-refractivity contribution in [3.63, 3.8) is 0 Å². The Balaban J connectivity index is 0.000000956. The normalized spacial score (nSPS) is 18.9. The highest BCUT2D eigenvalue weighted by molar-refractivity contribution is 6.20. The molecule has 0 aromatic heterocycles. The van der Waals surface area contributed by atoms with E-state index in [1.807, 2.05) is 38.1 Å². The molecule has 0 N–H and O–H groups in total. The van der Waals surface area contributed by atoms with Crippen molar-refractivity contribution < 1.29 is 9.59 Å². The van der Waals surface area contributed by atoms with Crippen LogP contribution < -0.4 is 4.90 Å². The summed E-state index contributed by atoms with van der Waals surface area (Å²) in [6.45, 7) is 12.2. The summed E-state index contributed by atoms with van der Waals surface area (Å²) < 4.78 is 0. The number of hydrogen-bond acceptors (Lipinski definition) is 2. The van der Waals surface area contributed by atoms with E-state index in [0.717, 1.165) is 0 Å². The van der Waals surface area contributed by atoms with Gasteiger partial charge in [-0.15, -0.1) is 0 Å². The van der Waals surface area contributed by atoms with Crippen molar-refractivity contribution in [3.8, 4) is 0 Å². The van der Waals surface area contributed by atoms with Gasteiger partial charge in [-0.3, -0.25) is 14.5 Å². The Labute approximate surface area is 122 Å². The minimum atomic E-state index is -0.195. The van der Waals surface area contributed by atoms with E-state index in [4.69, 9.17) is 0 Å². The third-order valence-electron chi connectivity index (χ3n) is 3.36. The first-order valence-electron chi connectivity index (χ1n) is 7.28. The quantitative estimate of drug-likeness (QED) is 0.729. The molecule has 1 heterocycles. The molecule has 0 aliphatic carbocycles. The number of rotatable bonds is 1. The Morgan fingerprint density at radius 2 is 1.55 bits per heavy atom. The average molecular weight is 275 g/mol. The molecule has 110 valence electrons. The zero-order chi connectivity index (χ0) is 15.5. The average Bonchev–Trinajstić information content (AvgIpc) is 2.65. The van der Waals surface area contributed by atoms with Crippen molar-refractivity contribution in [2.75, 3.05) is 4.90 Å². The van der Waals surface area contributed by atoms with Gasteiger partial charge in [0.25, 0.3) is 0 Å². The zero-order valence-corrected chi connectivity index (χ0v) is 13.4. The smallest absolute Gasteiger partial charge is 0.237 e. The van der Waals surface area contributed by atoms with Crippen LogP contribution in [-0.4, -0.2) is 11.8 Å². The summed E-state index contributed by atoms with van der Waals surface area (Å²) >= 11 is 0. The first-order valence-corrected chi connectivity index (χ1v) is 7.28. The summed E-state index contributed by atoms with van der Waals surface area (Å²) in [5, 5.41) is 0. The molecule has 0 spiro atoms. The molecule has 0 radical (unpaired) electrons. The lowest BCUT2D eigenvalue weighted by Crippen LogP contribution is -2.30. The second kappa shape index (κ2) is 6.21. The highest BCUT2D eigenvalue weighted by Gasteiger charge is 2.36. The Hall–Kier alpha value is -1.64. The second-order valence-electron chi connectivity index (χ2n) is 5.97. The molecule has 0 saturated carbocycles. The molecule has 1 aromatic carbocycles. The fraction of sp³-hybridized carbons (Fsp3) is 0.529. The Morgan fingerprint density at radius 1 is 1.05 bits per heavy atom. The molecule has 3 heteroatoms. The van der Waals surface area contributed by atoms with E-state index in [1.54, 1.807) is 6.92 Å². The number of benzene rings is 1. The van der Waals surface area contributed by atoms with Crippen molar-refractivity contribution in [2.24, 2.45) is 5.92 Å². The molecule has 2 amide bonds. The van der Waals surface area contributed by atoms with Crippen LogP contribution in [0.5, 0.6) is 0 Å². The number of hydrogen-bond donors (Lipinski definition) is 0. The van der Waals surface area contributed by atoms with Crippen molar-refractivity contribution >= 4 is 17.5 Å². The fourth-order valence-electron chi connectivity index (χ4n) is 2.17. The van der Waals surface area contributed by atoms with Gasteiger partial charge in [-0.1, -0.05) is 53.7 Å². The SMILES string of the molecule is CC.CC1CC(=O)N(c2ccc(C(C)(C)C)cc2)C1=O. The van der Waals surface area contributed by atoms with Crippen molar-refractivity contribution in [1.29, 1.82) is 0 Å². The molecule has 1 unspecified atom stereocenters. The number of carbonyl (C=O) groups excluding carboxylic acids is 2. The van der Waals surface area contributed by atoms with Crippen LogP contribution in [0.4, 0.5) is 5.69 Å². The third-order valence-corrected chi connectivity index (χ3v) is 3.36. The zero-order valence-electron chi connectivity index (χ0n) is 13.4. The van der Waals surface area contributed by atoms with E-state index in [0.29, 0.717) is 12.1 Å². The van der Waals surface area contributed by atoms with Crippen LogP contribution >= 0.6 is 0 Å². The second-order valence-corrected chi connectivity index (χ2v) is 5.97. The fourth-order valence-corrected chi connectivity index (χ4v) is 2.17. The van der Waals surface area contributed by atoms with Gasteiger partial charge in [-0.2, -0.15) is 0 Å². The number of imide groups is 1. The Kier molecular flexibility index (Phi) is 5.09. The van der Waals surface area contributed by atoms with Crippen molar-refractivity contribution in [2.45, 2.75) is 53.4 Å². The summed E-state index contributed by atoms with van der Waals surface area (Å²) in [7, 11) is 0. The van der Waals surface area contributed by atoms with Gasteiger partial charge in [0.05, 0.1) is 5.69 Å². The Bertz CT molecular complexity index is 483. The van der Waals surface area contributed by atoms with E-state index >= 15 is 0 Å². The minimum Gasteiger partial charge on any atom is -0.274 e. The molecule has 3 nitrogen and oxygen atoms in total. The molecule has 1 aliphatic rings. The monoisotopic (exact) mass is 275 g/mol. The van der Waals surface area contributed by atoms with Crippen molar-refractivity contribution in [1.82, 2.24) is 0 Å². The minimum absolute atomic E-state index is 0.0743. The van der Waals surface area contributed by atoms with Gasteiger partial charge < -0.3 is 0 Å². The third kappa shape index (κ3) is 3.27. The predicted octanol–water partition coefficient (Wildman–Crippen LogP) is 3.91. The predicted molar refractivity (Wildman–Crippen MR) is 82.8 cm³/mol. The standard InChI is InChI=1S/C15H19NO2.C2H6/c1-10-9-13(17)16(14(10)18)12-7-5-11(6-8-12)15(2,3)4;1-2/h5-8,10H,9H2,1-4H3;1-2H3. The number of anilines is 1. The van der Waals surface area contributed by atoms with Crippen LogP contribution in [0.3, 0.4) is 0 Å². The topological polar surface area (TPSA) is 37.4 Å². The van der Waals surface area contributed by atoms with E-state index in [1.165, 1.54) is 10.5 Å². The molecule has 1 atom stereocenters. The summed E-state index contributed by atoms with van der Waals surface area (Å²) in [5.74, 6) is -0.390. The summed E-state index contributed by atoms with van der Waals surface area (Å²) in [4.78, 5) is 25.0. The molecule has 1 aromatic rings. The van der Waals surface area contributed by atoms with E-state index in [2.05, 4.69) is 20.8 Å². The van der Waals surface area contributed by atoms with E-state index in [-0.39, 0.29) is 23.1 Å². The van der Waals surface area contributed by atoms with Gasteiger partial charge in [-0.25, -0.2) is 0 Å². The lowest BCUT2D eigenvalue weighted by atomic mass is 9.87. The van der Waals surface area contributed by atoms with Crippen LogP contribution in [0.1, 0.15) is 53.5 Å². The first kappa shape index (κ1) is 16.4. The van der Waals surface area contributed by atoms with Crippen LogP contribution in [0, 0.1) is 5.92 Å². The van der Waals surface area contributed by atoms with Gasteiger partial charge >= 0.3 is 0 Å². The maximum Gasteiger partial charge on any atom is 0.237 e. The molecule has 1 saturated heterocycles. The number of carbonyl (C=O) groups is 2. The van der Waals surface area contributed by atoms with E-state index < -0.39 is 0 Å². The number of nitrogens with zero attached hydrogens (tertiary/aromatic N) is 1. The van der Waals surface area contributed by atoms with E-state index in [9.17, 15) is 9.59 Å². The molecule has 1 fully saturated rings. The molecular weight excluding hydrogens is 250 g/mol. The van der Waals surface area contributed by atoms with Gasteiger partial charge in [0.15, 0.2) is 0 Å². The van der Waals surface area contributed by atoms with Gasteiger partial charge in [0.1, 0.15) is 0 Å². The summed E-state index contributed by atoms with van der Waals surface area (Å²) in [5.41, 5.74) is 1.95. The molecule has 2 rings (SSSR count). The maximum absolute atomic E-state index is 11.9. The molecular formula is C17H25NO2. The molecule has 0 bridgehead atoms. The first-order chi connectivity index (χ1) is 9.30. The summed E-state index contributed by atoms with van der Waals surface area (Å²) in [6, 6.07) is 7.68. The lowest BCUT2D eigenvalue weighted by molar-refractivity contribution is -0.122. The van der Waals surface area contributed by atoms with Crippen LogP contribution in [0.25, 0.3) is 0 Å². The highest BCUT2D eigenvalue weighted by Crippen LogP contribution is 2.29. The van der Waals surface area contributed by atoms with Crippen LogP contribution in [-0.2, 0) is 15.0 Å².